The number of sulfonamides is 1. The van der Waals surface area contributed by atoms with Crippen LogP contribution in [0.4, 0.5) is 0 Å². The second-order valence-corrected chi connectivity index (χ2v) is 7.40. The summed E-state index contributed by atoms with van der Waals surface area (Å²) in [6, 6.07) is 6.65. The highest BCUT2D eigenvalue weighted by Crippen LogP contribution is 2.24. The molecule has 2 rings (SSSR count). The number of carbonyl (C=O) groups excluding carboxylic acids is 1. The molecule has 130 valence electrons. The number of rotatable bonds is 6. The predicted octanol–water partition coefficient (Wildman–Crippen LogP) is 1.15. The molecular formula is C15H24ClN3O3S. The molecule has 1 fully saturated rings. The largest absolute Gasteiger partial charge is 0.352 e. The SMILES string of the molecule is CCNS(=O)(=O)c1ccc(CNC(=O)C2CCC(N)C2)cc1.Cl. The smallest absolute Gasteiger partial charge is 0.240 e. The Morgan fingerprint density at radius 3 is 2.43 bits per heavy atom. The van der Waals surface area contributed by atoms with E-state index in [1.54, 1.807) is 31.2 Å². The Labute approximate surface area is 143 Å². The maximum atomic E-state index is 12.0. The topological polar surface area (TPSA) is 101 Å². The van der Waals surface area contributed by atoms with Crippen molar-refractivity contribution < 1.29 is 13.2 Å². The van der Waals surface area contributed by atoms with Gasteiger partial charge in [-0.2, -0.15) is 0 Å². The van der Waals surface area contributed by atoms with E-state index in [2.05, 4.69) is 10.0 Å². The highest BCUT2D eigenvalue weighted by atomic mass is 35.5. The van der Waals surface area contributed by atoms with E-state index in [9.17, 15) is 13.2 Å². The molecule has 0 aliphatic heterocycles. The molecule has 0 heterocycles. The van der Waals surface area contributed by atoms with Gasteiger partial charge in [0.05, 0.1) is 4.90 Å². The molecule has 1 aliphatic carbocycles. The molecule has 0 bridgehead atoms. The van der Waals surface area contributed by atoms with Crippen molar-refractivity contribution in [2.24, 2.45) is 11.7 Å². The van der Waals surface area contributed by atoms with E-state index < -0.39 is 10.0 Å². The summed E-state index contributed by atoms with van der Waals surface area (Å²) in [6.07, 6.45) is 2.48. The molecule has 1 amide bonds. The van der Waals surface area contributed by atoms with Gasteiger partial charge in [-0.15, -0.1) is 12.4 Å². The van der Waals surface area contributed by atoms with Gasteiger partial charge in [-0.05, 0) is 37.0 Å². The van der Waals surface area contributed by atoms with Gasteiger partial charge < -0.3 is 11.1 Å². The van der Waals surface area contributed by atoms with Gasteiger partial charge in [-0.25, -0.2) is 13.1 Å². The summed E-state index contributed by atoms with van der Waals surface area (Å²) in [5, 5.41) is 2.89. The summed E-state index contributed by atoms with van der Waals surface area (Å²) in [4.78, 5) is 12.2. The van der Waals surface area contributed by atoms with Crippen molar-refractivity contribution in [3.63, 3.8) is 0 Å². The highest BCUT2D eigenvalue weighted by molar-refractivity contribution is 7.89. The molecule has 1 saturated carbocycles. The van der Waals surface area contributed by atoms with Crippen LogP contribution in [0.15, 0.2) is 29.2 Å². The zero-order chi connectivity index (χ0) is 16.2. The summed E-state index contributed by atoms with van der Waals surface area (Å²) < 4.78 is 26.1. The lowest BCUT2D eigenvalue weighted by atomic mass is 10.1. The molecule has 0 aromatic heterocycles. The highest BCUT2D eigenvalue weighted by Gasteiger charge is 2.27. The Hall–Kier alpha value is -1.15. The Bertz CT molecular complexity index is 619. The van der Waals surface area contributed by atoms with Gasteiger partial charge in [0.2, 0.25) is 15.9 Å². The van der Waals surface area contributed by atoms with Crippen LogP contribution in [0.25, 0.3) is 0 Å². The Kier molecular flexibility index (Phi) is 7.47. The second kappa shape index (κ2) is 8.63. The van der Waals surface area contributed by atoms with E-state index in [1.165, 1.54) is 0 Å². The number of nitrogens with one attached hydrogen (secondary N) is 2. The predicted molar refractivity (Wildman–Crippen MR) is 91.7 cm³/mol. The number of hydrogen-bond donors (Lipinski definition) is 3. The Balaban J connectivity index is 0.00000264. The lowest BCUT2D eigenvalue weighted by molar-refractivity contribution is -0.125. The first-order valence-corrected chi connectivity index (χ1v) is 9.02. The molecule has 1 aliphatic rings. The van der Waals surface area contributed by atoms with Crippen molar-refractivity contribution in [2.45, 2.75) is 43.7 Å². The summed E-state index contributed by atoms with van der Waals surface area (Å²) in [5.41, 5.74) is 6.68. The third-order valence-electron chi connectivity index (χ3n) is 3.88. The van der Waals surface area contributed by atoms with Gasteiger partial charge in [0.15, 0.2) is 0 Å². The fourth-order valence-corrected chi connectivity index (χ4v) is 3.69. The average Bonchev–Trinajstić information content (AvgIpc) is 2.92. The summed E-state index contributed by atoms with van der Waals surface area (Å²) in [5.74, 6) is 0.0284. The molecule has 8 heteroatoms. The van der Waals surface area contributed by atoms with E-state index in [1.807, 2.05) is 0 Å². The lowest BCUT2D eigenvalue weighted by Gasteiger charge is -2.11. The first kappa shape index (κ1) is 19.9. The molecular weight excluding hydrogens is 338 g/mol. The molecule has 6 nitrogen and oxygen atoms in total. The summed E-state index contributed by atoms with van der Waals surface area (Å²) in [7, 11) is -3.43. The minimum atomic E-state index is -3.43. The standard InChI is InChI=1S/C15H23N3O3S.ClH/c1-2-18-22(20,21)14-7-3-11(4-8-14)10-17-15(19)12-5-6-13(16)9-12;/h3-4,7-8,12-13,18H,2,5-6,9-10,16H2,1H3,(H,17,19);1H. The monoisotopic (exact) mass is 361 g/mol. The molecule has 2 atom stereocenters. The van der Waals surface area contributed by atoms with Crippen molar-refractivity contribution in [1.29, 1.82) is 0 Å². The minimum Gasteiger partial charge on any atom is -0.352 e. The first-order chi connectivity index (χ1) is 10.4. The van der Waals surface area contributed by atoms with Crippen molar-refractivity contribution in [1.82, 2.24) is 10.0 Å². The number of halogens is 1. The molecule has 0 saturated heterocycles. The molecule has 1 aromatic carbocycles. The van der Waals surface area contributed by atoms with Crippen LogP contribution in [0.1, 0.15) is 31.7 Å². The van der Waals surface area contributed by atoms with E-state index in [4.69, 9.17) is 5.73 Å². The van der Waals surface area contributed by atoms with Gasteiger partial charge >= 0.3 is 0 Å². The fraction of sp³-hybridized carbons (Fsp3) is 0.533. The molecule has 23 heavy (non-hydrogen) atoms. The van der Waals surface area contributed by atoms with E-state index in [0.717, 1.165) is 24.8 Å². The Morgan fingerprint density at radius 2 is 1.91 bits per heavy atom. The maximum Gasteiger partial charge on any atom is 0.240 e. The number of hydrogen-bond acceptors (Lipinski definition) is 4. The van der Waals surface area contributed by atoms with Gasteiger partial charge in [-0.1, -0.05) is 19.1 Å². The van der Waals surface area contributed by atoms with Crippen LogP contribution in [0.5, 0.6) is 0 Å². The number of amides is 1. The number of benzene rings is 1. The molecule has 4 N–H and O–H groups in total. The van der Waals surface area contributed by atoms with Crippen molar-refractivity contribution in [2.75, 3.05) is 6.54 Å². The van der Waals surface area contributed by atoms with Crippen molar-refractivity contribution in [3.8, 4) is 0 Å². The zero-order valence-electron chi connectivity index (χ0n) is 13.1. The average molecular weight is 362 g/mol. The number of carbonyl (C=O) groups is 1. The van der Waals surface area contributed by atoms with E-state index in [-0.39, 0.29) is 35.2 Å². The van der Waals surface area contributed by atoms with E-state index >= 15 is 0 Å². The van der Waals surface area contributed by atoms with E-state index in [0.29, 0.717) is 13.1 Å². The maximum absolute atomic E-state index is 12.0. The van der Waals surface area contributed by atoms with Crippen LogP contribution < -0.4 is 15.8 Å². The molecule has 0 spiro atoms. The Morgan fingerprint density at radius 1 is 1.26 bits per heavy atom. The number of nitrogens with two attached hydrogens (primary N) is 1. The summed E-state index contributed by atoms with van der Waals surface area (Å²) >= 11 is 0. The molecule has 0 radical (unpaired) electrons. The van der Waals surface area contributed by atoms with Gasteiger partial charge in [-0.3, -0.25) is 4.79 Å². The van der Waals surface area contributed by atoms with Crippen LogP contribution in [-0.4, -0.2) is 26.9 Å². The van der Waals surface area contributed by atoms with Crippen molar-refractivity contribution in [3.05, 3.63) is 29.8 Å². The van der Waals surface area contributed by atoms with Gasteiger partial charge in [0.25, 0.3) is 0 Å². The normalized spacial score (nSPS) is 20.8. The van der Waals surface area contributed by atoms with Crippen LogP contribution in [0, 0.1) is 5.92 Å². The quantitative estimate of drug-likeness (QED) is 0.707. The van der Waals surface area contributed by atoms with Gasteiger partial charge in [0, 0.05) is 25.0 Å². The van der Waals surface area contributed by atoms with Crippen LogP contribution >= 0.6 is 12.4 Å². The lowest BCUT2D eigenvalue weighted by Crippen LogP contribution is -2.30. The van der Waals surface area contributed by atoms with Crippen LogP contribution in [0.2, 0.25) is 0 Å². The fourth-order valence-electron chi connectivity index (χ4n) is 2.65. The minimum absolute atomic E-state index is 0. The summed E-state index contributed by atoms with van der Waals surface area (Å²) in [6.45, 7) is 2.48. The second-order valence-electron chi connectivity index (χ2n) is 5.63. The van der Waals surface area contributed by atoms with Crippen LogP contribution in [0.3, 0.4) is 0 Å². The van der Waals surface area contributed by atoms with Crippen molar-refractivity contribution >= 4 is 28.3 Å². The third kappa shape index (κ3) is 5.46. The third-order valence-corrected chi connectivity index (χ3v) is 5.44. The molecule has 2 unspecified atom stereocenters. The van der Waals surface area contributed by atoms with Gasteiger partial charge in [0.1, 0.15) is 0 Å². The molecule has 1 aromatic rings. The van der Waals surface area contributed by atoms with Crippen LogP contribution in [-0.2, 0) is 21.4 Å². The zero-order valence-corrected chi connectivity index (χ0v) is 14.8. The first-order valence-electron chi connectivity index (χ1n) is 7.54.